The van der Waals surface area contributed by atoms with E-state index in [1.165, 1.54) is 27.8 Å². The summed E-state index contributed by atoms with van der Waals surface area (Å²) < 4.78 is 0. The van der Waals surface area contributed by atoms with Crippen molar-refractivity contribution >= 4 is 47.3 Å². The SMILES string of the molecule is CCC(CN1CCN(c2cccc3cccnc23)CC1)NC(=O)c1cccc2c1-c1ccccc1-2.Cl.Cl. The van der Waals surface area contributed by atoms with E-state index < -0.39 is 0 Å². The van der Waals surface area contributed by atoms with Crippen LogP contribution in [-0.4, -0.2) is 54.6 Å². The van der Waals surface area contributed by atoms with Gasteiger partial charge in [0.2, 0.25) is 0 Å². The van der Waals surface area contributed by atoms with Crippen LogP contribution in [0.4, 0.5) is 5.69 Å². The molecule has 7 heteroatoms. The van der Waals surface area contributed by atoms with E-state index in [-0.39, 0.29) is 36.8 Å². The van der Waals surface area contributed by atoms with Crippen molar-refractivity contribution in [1.29, 1.82) is 0 Å². The molecule has 0 radical (unpaired) electrons. The number of hydrogen-bond donors (Lipinski definition) is 1. The Balaban J connectivity index is 0.00000160. The number of fused-ring (bicyclic) bond motifs is 5. The lowest BCUT2D eigenvalue weighted by Gasteiger charge is -2.38. The number of carbonyl (C=O) groups is 1. The van der Waals surface area contributed by atoms with Gasteiger partial charge in [-0.3, -0.25) is 14.7 Å². The number of nitrogens with zero attached hydrogens (tertiary/aromatic N) is 3. The fraction of sp³-hybridized carbons (Fsp3) is 0.267. The number of halogens is 2. The van der Waals surface area contributed by atoms with Crippen LogP contribution in [0.3, 0.4) is 0 Å². The molecule has 2 heterocycles. The molecule has 1 aliphatic heterocycles. The Labute approximate surface area is 230 Å². The number of rotatable bonds is 6. The van der Waals surface area contributed by atoms with Crippen LogP contribution in [-0.2, 0) is 0 Å². The molecule has 5 nitrogen and oxygen atoms in total. The second kappa shape index (κ2) is 11.5. The fourth-order valence-electron chi connectivity index (χ4n) is 5.50. The Morgan fingerprint density at radius 2 is 1.57 bits per heavy atom. The van der Waals surface area contributed by atoms with Gasteiger partial charge in [-0.25, -0.2) is 0 Å². The van der Waals surface area contributed by atoms with E-state index in [4.69, 9.17) is 0 Å². The molecular weight excluding hydrogens is 503 g/mol. The van der Waals surface area contributed by atoms with E-state index in [9.17, 15) is 4.79 Å². The molecular formula is C30H32Cl2N4O. The maximum absolute atomic E-state index is 13.3. The number of aromatic nitrogens is 1. The van der Waals surface area contributed by atoms with Crippen molar-refractivity contribution in [1.82, 2.24) is 15.2 Å². The monoisotopic (exact) mass is 534 g/mol. The highest BCUT2D eigenvalue weighted by Crippen LogP contribution is 2.48. The summed E-state index contributed by atoms with van der Waals surface area (Å²) >= 11 is 0. The first-order valence-electron chi connectivity index (χ1n) is 12.6. The number of benzene rings is 3. The van der Waals surface area contributed by atoms with Crippen LogP contribution in [0.15, 0.2) is 79.0 Å². The van der Waals surface area contributed by atoms with Gasteiger partial charge in [-0.05, 0) is 41.3 Å². The highest BCUT2D eigenvalue weighted by Gasteiger charge is 2.28. The molecule has 1 N–H and O–H groups in total. The quantitative estimate of drug-likeness (QED) is 0.287. The summed E-state index contributed by atoms with van der Waals surface area (Å²) in [6, 6.07) is 25.0. The van der Waals surface area contributed by atoms with Gasteiger partial charge < -0.3 is 10.2 Å². The molecule has 1 aliphatic carbocycles. The van der Waals surface area contributed by atoms with E-state index in [2.05, 4.69) is 75.6 Å². The van der Waals surface area contributed by atoms with Gasteiger partial charge in [-0.15, -0.1) is 24.8 Å². The maximum Gasteiger partial charge on any atom is 0.252 e. The Bertz CT molecular complexity index is 1400. The Hall–Kier alpha value is -3.12. The largest absolute Gasteiger partial charge is 0.367 e. The predicted molar refractivity (Wildman–Crippen MR) is 157 cm³/mol. The molecule has 37 heavy (non-hydrogen) atoms. The molecule has 2 aliphatic rings. The zero-order chi connectivity index (χ0) is 23.8. The molecule has 3 aromatic carbocycles. The molecule has 1 amide bonds. The smallest absolute Gasteiger partial charge is 0.252 e. The summed E-state index contributed by atoms with van der Waals surface area (Å²) in [7, 11) is 0. The van der Waals surface area contributed by atoms with E-state index in [1.807, 2.05) is 30.5 Å². The van der Waals surface area contributed by atoms with Crippen molar-refractivity contribution in [2.45, 2.75) is 19.4 Å². The third kappa shape index (κ3) is 5.04. The van der Waals surface area contributed by atoms with Crippen LogP contribution in [0, 0.1) is 0 Å². The van der Waals surface area contributed by atoms with Crippen molar-refractivity contribution in [2.75, 3.05) is 37.6 Å². The number of carbonyl (C=O) groups excluding carboxylic acids is 1. The van der Waals surface area contributed by atoms with Crippen molar-refractivity contribution in [3.05, 3.63) is 84.6 Å². The van der Waals surface area contributed by atoms with Gasteiger partial charge in [0, 0.05) is 61.5 Å². The minimum atomic E-state index is 0. The molecule has 1 unspecified atom stereocenters. The summed E-state index contributed by atoms with van der Waals surface area (Å²) in [5.41, 5.74) is 7.76. The average Bonchev–Trinajstić information content (AvgIpc) is 2.91. The normalized spacial score (nSPS) is 14.9. The maximum atomic E-state index is 13.3. The summed E-state index contributed by atoms with van der Waals surface area (Å²) in [4.78, 5) is 22.8. The number of amides is 1. The highest BCUT2D eigenvalue weighted by molar-refractivity contribution is 6.12. The molecule has 1 fully saturated rings. The predicted octanol–water partition coefficient (Wildman–Crippen LogP) is 6.06. The first kappa shape index (κ1) is 26.9. The second-order valence-corrected chi connectivity index (χ2v) is 9.49. The lowest BCUT2D eigenvalue weighted by Crippen LogP contribution is -2.51. The van der Waals surface area contributed by atoms with Crippen LogP contribution in [0.2, 0.25) is 0 Å². The molecule has 0 bridgehead atoms. The molecule has 1 saturated heterocycles. The van der Waals surface area contributed by atoms with Crippen LogP contribution in [0.1, 0.15) is 23.7 Å². The van der Waals surface area contributed by atoms with Crippen molar-refractivity contribution < 1.29 is 4.79 Å². The number of piperazine rings is 1. The number of nitrogens with one attached hydrogen (secondary N) is 1. The second-order valence-electron chi connectivity index (χ2n) is 9.49. The zero-order valence-corrected chi connectivity index (χ0v) is 22.5. The Kier molecular flexibility index (Phi) is 8.38. The highest BCUT2D eigenvalue weighted by atomic mass is 35.5. The summed E-state index contributed by atoms with van der Waals surface area (Å²) in [5.74, 6) is 0.0312. The van der Waals surface area contributed by atoms with Gasteiger partial charge >= 0.3 is 0 Å². The average molecular weight is 536 g/mol. The van der Waals surface area contributed by atoms with Gasteiger partial charge in [-0.2, -0.15) is 0 Å². The van der Waals surface area contributed by atoms with Crippen LogP contribution < -0.4 is 10.2 Å². The standard InChI is InChI=1S/C30H30N4O.2ClH/c1-2-22(32-30(35)26-13-6-12-25-23-10-3-4-11-24(23)28(25)26)20-33-16-18-34(19-17-33)27-14-5-8-21-9-7-15-31-29(21)27;;/h3-15,22H,2,16-20H2,1H3,(H,32,35);2*1H. The lowest BCUT2D eigenvalue weighted by molar-refractivity contribution is 0.0922. The van der Waals surface area contributed by atoms with Crippen molar-refractivity contribution in [2.24, 2.45) is 0 Å². The molecule has 4 aromatic rings. The van der Waals surface area contributed by atoms with Gasteiger partial charge in [0.25, 0.3) is 5.91 Å². The molecule has 192 valence electrons. The van der Waals surface area contributed by atoms with Crippen LogP contribution in [0.5, 0.6) is 0 Å². The Morgan fingerprint density at radius 1 is 0.865 bits per heavy atom. The number of anilines is 1. The van der Waals surface area contributed by atoms with E-state index in [1.54, 1.807) is 0 Å². The number of para-hydroxylation sites is 1. The van der Waals surface area contributed by atoms with Crippen molar-refractivity contribution in [3.8, 4) is 22.3 Å². The van der Waals surface area contributed by atoms with Gasteiger partial charge in [0.15, 0.2) is 0 Å². The molecule has 6 rings (SSSR count). The van der Waals surface area contributed by atoms with Crippen molar-refractivity contribution in [3.63, 3.8) is 0 Å². The Morgan fingerprint density at radius 3 is 2.35 bits per heavy atom. The fourth-order valence-corrected chi connectivity index (χ4v) is 5.50. The number of pyridine rings is 1. The summed E-state index contributed by atoms with van der Waals surface area (Å²) in [6.45, 7) is 6.90. The van der Waals surface area contributed by atoms with Gasteiger partial charge in [-0.1, -0.05) is 61.5 Å². The zero-order valence-electron chi connectivity index (χ0n) is 20.9. The first-order chi connectivity index (χ1) is 17.2. The third-order valence-corrected chi connectivity index (χ3v) is 7.43. The third-order valence-electron chi connectivity index (χ3n) is 7.43. The van der Waals surface area contributed by atoms with Crippen LogP contribution >= 0.6 is 24.8 Å². The van der Waals surface area contributed by atoms with E-state index in [0.29, 0.717) is 0 Å². The minimum Gasteiger partial charge on any atom is -0.367 e. The summed E-state index contributed by atoms with van der Waals surface area (Å²) in [5, 5.41) is 4.51. The first-order valence-corrected chi connectivity index (χ1v) is 12.6. The molecule has 0 saturated carbocycles. The van der Waals surface area contributed by atoms with Crippen LogP contribution in [0.25, 0.3) is 33.2 Å². The molecule has 1 atom stereocenters. The van der Waals surface area contributed by atoms with E-state index in [0.717, 1.165) is 55.8 Å². The lowest BCUT2D eigenvalue weighted by atomic mass is 9.78. The van der Waals surface area contributed by atoms with E-state index >= 15 is 0 Å². The topological polar surface area (TPSA) is 48.5 Å². The van der Waals surface area contributed by atoms with Gasteiger partial charge in [0.1, 0.15) is 0 Å². The summed E-state index contributed by atoms with van der Waals surface area (Å²) in [6.07, 6.45) is 2.78. The molecule has 1 aromatic heterocycles. The molecule has 0 spiro atoms. The minimum absolute atomic E-state index is 0. The number of hydrogen-bond acceptors (Lipinski definition) is 4. The van der Waals surface area contributed by atoms with Gasteiger partial charge in [0.05, 0.1) is 11.2 Å².